The van der Waals surface area contributed by atoms with Gasteiger partial charge in [-0.15, -0.1) is 0 Å². The Labute approximate surface area is 57.3 Å². The number of nitrogens with zero attached hydrogens (tertiary/aromatic N) is 1. The molecule has 0 unspecified atom stereocenters. The standard InChI is InChI=1S/C5H8BrNO/c1-7(2)3-5(6)4-8/h3-4H,1-2H3/b5-3-. The fourth-order valence-electron chi connectivity index (χ4n) is 0.277. The number of hydrogen-bond donors (Lipinski definition) is 0. The molecular formula is C5H8BrNO. The zero-order chi connectivity index (χ0) is 6.57. The molecule has 0 fully saturated rings. The van der Waals surface area contributed by atoms with Crippen molar-refractivity contribution < 1.29 is 4.79 Å². The Morgan fingerprint density at radius 3 is 2.25 bits per heavy atom. The number of aldehydes is 1. The van der Waals surface area contributed by atoms with Crippen molar-refractivity contribution in [2.75, 3.05) is 14.1 Å². The normalized spacial score (nSPS) is 11.1. The average Bonchev–Trinajstić information content (AvgIpc) is 1.65. The summed E-state index contributed by atoms with van der Waals surface area (Å²) in [5.41, 5.74) is 0. The van der Waals surface area contributed by atoms with Gasteiger partial charge in [-0.25, -0.2) is 0 Å². The van der Waals surface area contributed by atoms with Crippen LogP contribution in [0.15, 0.2) is 10.7 Å². The summed E-state index contributed by atoms with van der Waals surface area (Å²) >= 11 is 3.03. The summed E-state index contributed by atoms with van der Waals surface area (Å²) in [6, 6.07) is 0. The fourth-order valence-corrected chi connectivity index (χ4v) is 0.687. The van der Waals surface area contributed by atoms with Crippen LogP contribution < -0.4 is 0 Å². The maximum atomic E-state index is 9.90. The predicted molar refractivity (Wildman–Crippen MR) is 36.8 cm³/mol. The molecule has 3 heteroatoms. The smallest absolute Gasteiger partial charge is 0.158 e. The van der Waals surface area contributed by atoms with Gasteiger partial charge in [-0.05, 0) is 15.9 Å². The van der Waals surface area contributed by atoms with E-state index in [4.69, 9.17) is 0 Å². The number of hydrogen-bond acceptors (Lipinski definition) is 2. The van der Waals surface area contributed by atoms with Crippen molar-refractivity contribution in [3.63, 3.8) is 0 Å². The molecule has 0 saturated carbocycles. The largest absolute Gasteiger partial charge is 0.382 e. The maximum Gasteiger partial charge on any atom is 0.158 e. The first-order valence-electron chi connectivity index (χ1n) is 2.15. The molecular weight excluding hydrogens is 170 g/mol. The van der Waals surface area contributed by atoms with Crippen LogP contribution in [0.5, 0.6) is 0 Å². The quantitative estimate of drug-likeness (QED) is 0.464. The highest BCUT2D eigenvalue weighted by Gasteiger charge is 1.84. The molecule has 0 aliphatic heterocycles. The van der Waals surface area contributed by atoms with Crippen LogP contribution in [0, 0.1) is 0 Å². The molecule has 2 nitrogen and oxygen atoms in total. The Balaban J connectivity index is 3.74. The van der Waals surface area contributed by atoms with Crippen LogP contribution in [0.3, 0.4) is 0 Å². The van der Waals surface area contributed by atoms with Gasteiger partial charge in [-0.3, -0.25) is 4.79 Å². The topological polar surface area (TPSA) is 20.3 Å². The predicted octanol–water partition coefficient (Wildman–Crippen LogP) is 0.983. The highest BCUT2D eigenvalue weighted by molar-refractivity contribution is 9.12. The Morgan fingerprint density at radius 2 is 2.12 bits per heavy atom. The van der Waals surface area contributed by atoms with Gasteiger partial charge in [-0.2, -0.15) is 0 Å². The van der Waals surface area contributed by atoms with Crippen LogP contribution in [0.25, 0.3) is 0 Å². The second-order valence-electron chi connectivity index (χ2n) is 1.60. The van der Waals surface area contributed by atoms with Gasteiger partial charge in [0.15, 0.2) is 6.29 Å². The molecule has 0 aromatic rings. The number of carbonyl (C=O) groups is 1. The lowest BCUT2D eigenvalue weighted by Crippen LogP contribution is -2.01. The number of carbonyl (C=O) groups excluding carboxylic acids is 1. The Hall–Kier alpha value is -0.310. The SMILES string of the molecule is CN(C)/C=C(\Br)C=O. The van der Waals surface area contributed by atoms with E-state index in [9.17, 15) is 4.79 Å². The van der Waals surface area contributed by atoms with Gasteiger partial charge >= 0.3 is 0 Å². The molecule has 0 heterocycles. The molecule has 0 radical (unpaired) electrons. The van der Waals surface area contributed by atoms with E-state index in [1.807, 2.05) is 14.1 Å². The lowest BCUT2D eigenvalue weighted by atomic mass is 10.6. The van der Waals surface area contributed by atoms with E-state index in [1.165, 1.54) is 0 Å². The summed E-state index contributed by atoms with van der Waals surface area (Å²) in [4.78, 5) is 11.7. The summed E-state index contributed by atoms with van der Waals surface area (Å²) in [5, 5.41) is 0. The molecule has 46 valence electrons. The van der Waals surface area contributed by atoms with Crippen LogP contribution in [-0.2, 0) is 4.79 Å². The van der Waals surface area contributed by atoms with Gasteiger partial charge in [0.05, 0.1) is 4.48 Å². The lowest BCUT2D eigenvalue weighted by Gasteiger charge is -2.01. The van der Waals surface area contributed by atoms with Gasteiger partial charge in [0.1, 0.15) is 0 Å². The number of rotatable bonds is 2. The van der Waals surface area contributed by atoms with Gasteiger partial charge < -0.3 is 4.90 Å². The van der Waals surface area contributed by atoms with E-state index < -0.39 is 0 Å². The molecule has 0 saturated heterocycles. The van der Waals surface area contributed by atoms with Crippen LogP contribution in [0.4, 0.5) is 0 Å². The van der Waals surface area contributed by atoms with Crippen molar-refractivity contribution in [1.82, 2.24) is 4.90 Å². The second-order valence-corrected chi connectivity index (χ2v) is 2.51. The minimum Gasteiger partial charge on any atom is -0.382 e. The van der Waals surface area contributed by atoms with Gasteiger partial charge in [0, 0.05) is 20.3 Å². The minimum atomic E-state index is 0.558. The molecule has 0 amide bonds. The van der Waals surface area contributed by atoms with Crippen molar-refractivity contribution >= 4 is 22.2 Å². The van der Waals surface area contributed by atoms with Crippen molar-refractivity contribution in [3.05, 3.63) is 10.7 Å². The monoisotopic (exact) mass is 177 g/mol. The Morgan fingerprint density at radius 1 is 1.62 bits per heavy atom. The first-order valence-corrected chi connectivity index (χ1v) is 2.95. The van der Waals surface area contributed by atoms with Crippen molar-refractivity contribution in [2.45, 2.75) is 0 Å². The summed E-state index contributed by atoms with van der Waals surface area (Å²) in [6.07, 6.45) is 2.44. The van der Waals surface area contributed by atoms with Gasteiger partial charge in [0.2, 0.25) is 0 Å². The zero-order valence-corrected chi connectivity index (χ0v) is 6.47. The van der Waals surface area contributed by atoms with E-state index in [0.29, 0.717) is 4.48 Å². The first-order chi connectivity index (χ1) is 3.66. The Kier molecular flexibility index (Phi) is 3.52. The third kappa shape index (κ3) is 3.87. The summed E-state index contributed by atoms with van der Waals surface area (Å²) < 4.78 is 0.558. The van der Waals surface area contributed by atoms with Crippen LogP contribution >= 0.6 is 15.9 Å². The molecule has 8 heavy (non-hydrogen) atoms. The zero-order valence-electron chi connectivity index (χ0n) is 4.89. The fraction of sp³-hybridized carbons (Fsp3) is 0.400. The number of allylic oxidation sites excluding steroid dienone is 1. The highest BCUT2D eigenvalue weighted by atomic mass is 79.9. The minimum absolute atomic E-state index is 0.558. The molecule has 0 aromatic heterocycles. The van der Waals surface area contributed by atoms with Crippen LogP contribution in [0.2, 0.25) is 0 Å². The van der Waals surface area contributed by atoms with Crippen LogP contribution in [0.1, 0.15) is 0 Å². The van der Waals surface area contributed by atoms with E-state index in [2.05, 4.69) is 15.9 Å². The molecule has 0 aromatic carbocycles. The van der Waals surface area contributed by atoms with Crippen molar-refractivity contribution in [1.29, 1.82) is 0 Å². The molecule has 0 aliphatic carbocycles. The highest BCUT2D eigenvalue weighted by Crippen LogP contribution is 1.98. The van der Waals surface area contributed by atoms with E-state index in [-0.39, 0.29) is 0 Å². The Bertz CT molecular complexity index is 109. The van der Waals surface area contributed by atoms with Crippen LogP contribution in [-0.4, -0.2) is 25.3 Å². The van der Waals surface area contributed by atoms with E-state index >= 15 is 0 Å². The summed E-state index contributed by atoms with van der Waals surface area (Å²) in [7, 11) is 3.70. The first kappa shape index (κ1) is 7.69. The maximum absolute atomic E-state index is 9.90. The molecule has 0 N–H and O–H groups in total. The second kappa shape index (κ2) is 3.66. The summed E-state index contributed by atoms with van der Waals surface area (Å²) in [6.45, 7) is 0. The van der Waals surface area contributed by atoms with Gasteiger partial charge in [-0.1, -0.05) is 0 Å². The summed E-state index contributed by atoms with van der Waals surface area (Å²) in [5.74, 6) is 0. The van der Waals surface area contributed by atoms with E-state index in [0.717, 1.165) is 6.29 Å². The van der Waals surface area contributed by atoms with Crippen molar-refractivity contribution in [2.24, 2.45) is 0 Å². The molecule has 0 aliphatic rings. The van der Waals surface area contributed by atoms with E-state index in [1.54, 1.807) is 11.1 Å². The molecule has 0 bridgehead atoms. The third-order valence-electron chi connectivity index (χ3n) is 0.494. The number of halogens is 1. The molecule has 0 rings (SSSR count). The van der Waals surface area contributed by atoms with Gasteiger partial charge in [0.25, 0.3) is 0 Å². The molecule has 0 atom stereocenters. The average molecular weight is 178 g/mol. The van der Waals surface area contributed by atoms with Crippen molar-refractivity contribution in [3.8, 4) is 0 Å². The lowest BCUT2D eigenvalue weighted by molar-refractivity contribution is -0.104. The molecule has 0 spiro atoms. The third-order valence-corrected chi connectivity index (χ3v) is 0.886.